The van der Waals surface area contributed by atoms with Crippen LogP contribution in [0.15, 0.2) is 43.0 Å². The monoisotopic (exact) mass is 265 g/mol. The second-order valence-electron chi connectivity index (χ2n) is 5.15. The summed E-state index contributed by atoms with van der Waals surface area (Å²) in [7, 11) is 0. The van der Waals surface area contributed by atoms with Gasteiger partial charge in [0.2, 0.25) is 0 Å². The van der Waals surface area contributed by atoms with Gasteiger partial charge in [-0.2, -0.15) is 5.10 Å². The van der Waals surface area contributed by atoms with Gasteiger partial charge in [0.15, 0.2) is 0 Å². The molecule has 5 nitrogen and oxygen atoms in total. The first-order valence-corrected chi connectivity index (χ1v) is 6.87. The Morgan fingerprint density at radius 1 is 1.25 bits per heavy atom. The highest BCUT2D eigenvalue weighted by atomic mass is 15.2. The van der Waals surface area contributed by atoms with E-state index in [2.05, 4.69) is 32.5 Å². The zero-order valence-electron chi connectivity index (χ0n) is 11.0. The normalized spacial score (nSPS) is 14.6. The molecule has 0 spiro atoms. The number of aromatic nitrogens is 4. The molecule has 100 valence electrons. The summed E-state index contributed by atoms with van der Waals surface area (Å²) >= 11 is 0. The van der Waals surface area contributed by atoms with E-state index in [0.29, 0.717) is 5.92 Å². The Morgan fingerprint density at radius 2 is 2.20 bits per heavy atom. The summed E-state index contributed by atoms with van der Waals surface area (Å²) in [6.07, 6.45) is 7.93. The van der Waals surface area contributed by atoms with Crippen molar-refractivity contribution in [3.05, 3.63) is 54.2 Å². The molecule has 0 saturated heterocycles. The Balaban J connectivity index is 1.55. The third-order valence-electron chi connectivity index (χ3n) is 3.67. The van der Waals surface area contributed by atoms with Gasteiger partial charge >= 0.3 is 0 Å². The van der Waals surface area contributed by atoms with Crippen molar-refractivity contribution in [3.8, 4) is 0 Å². The molecular weight excluding hydrogens is 250 g/mol. The van der Waals surface area contributed by atoms with Crippen LogP contribution in [0.5, 0.6) is 0 Å². The molecule has 3 aromatic heterocycles. The quantitative estimate of drug-likeness (QED) is 0.788. The number of nitrogens with zero attached hydrogens (tertiary/aromatic N) is 4. The Labute approximate surface area is 116 Å². The Bertz CT molecular complexity index is 745. The number of rotatable bonds is 4. The highest BCUT2D eigenvalue weighted by Crippen LogP contribution is 2.39. The average Bonchev–Trinajstić information content (AvgIpc) is 3.23. The molecule has 0 radical (unpaired) electrons. The van der Waals surface area contributed by atoms with Crippen LogP contribution in [0.25, 0.3) is 5.52 Å². The third kappa shape index (κ3) is 2.11. The van der Waals surface area contributed by atoms with Crippen LogP contribution in [0.1, 0.15) is 30.0 Å². The Hall–Kier alpha value is -2.43. The molecule has 0 aromatic carbocycles. The predicted octanol–water partition coefficient (Wildman–Crippen LogP) is 2.61. The molecule has 0 atom stereocenters. The van der Waals surface area contributed by atoms with Gasteiger partial charge in [-0.3, -0.25) is 0 Å². The predicted molar refractivity (Wildman–Crippen MR) is 76.5 cm³/mol. The molecule has 0 aliphatic heterocycles. The van der Waals surface area contributed by atoms with Gasteiger partial charge in [0, 0.05) is 36.6 Å². The van der Waals surface area contributed by atoms with Crippen LogP contribution in [0.3, 0.4) is 0 Å². The molecule has 4 rings (SSSR count). The molecule has 1 saturated carbocycles. The molecule has 0 bridgehead atoms. The SMILES string of the molecule is c1cc(CNc2cc(C3CC3)ncn2)c2ccnn2c1. The lowest BCUT2D eigenvalue weighted by Crippen LogP contribution is -2.04. The van der Waals surface area contributed by atoms with E-state index < -0.39 is 0 Å². The third-order valence-corrected chi connectivity index (χ3v) is 3.67. The minimum Gasteiger partial charge on any atom is -0.366 e. The molecule has 5 heteroatoms. The lowest BCUT2D eigenvalue weighted by Gasteiger charge is -2.08. The van der Waals surface area contributed by atoms with E-state index in [1.165, 1.54) is 18.4 Å². The highest BCUT2D eigenvalue weighted by Gasteiger charge is 2.25. The van der Waals surface area contributed by atoms with E-state index in [9.17, 15) is 0 Å². The summed E-state index contributed by atoms with van der Waals surface area (Å²) in [5.74, 6) is 1.54. The van der Waals surface area contributed by atoms with Gasteiger partial charge in [0.1, 0.15) is 12.1 Å². The molecule has 3 aromatic rings. The molecule has 0 unspecified atom stereocenters. The van der Waals surface area contributed by atoms with E-state index in [-0.39, 0.29) is 0 Å². The second-order valence-corrected chi connectivity index (χ2v) is 5.15. The van der Waals surface area contributed by atoms with Crippen LogP contribution in [0, 0.1) is 0 Å². The smallest absolute Gasteiger partial charge is 0.129 e. The van der Waals surface area contributed by atoms with E-state index in [4.69, 9.17) is 0 Å². The molecular formula is C15H15N5. The summed E-state index contributed by atoms with van der Waals surface area (Å²) in [6, 6.07) is 8.19. The zero-order valence-corrected chi connectivity index (χ0v) is 11.0. The van der Waals surface area contributed by atoms with Crippen LogP contribution >= 0.6 is 0 Å². The van der Waals surface area contributed by atoms with Crippen molar-refractivity contribution >= 4 is 11.3 Å². The largest absolute Gasteiger partial charge is 0.366 e. The fourth-order valence-electron chi connectivity index (χ4n) is 2.42. The Morgan fingerprint density at radius 3 is 3.10 bits per heavy atom. The van der Waals surface area contributed by atoms with Gasteiger partial charge in [-0.05, 0) is 30.5 Å². The van der Waals surface area contributed by atoms with E-state index in [0.717, 1.165) is 23.6 Å². The number of hydrogen-bond donors (Lipinski definition) is 1. The van der Waals surface area contributed by atoms with Gasteiger partial charge in [-0.1, -0.05) is 6.07 Å². The lowest BCUT2D eigenvalue weighted by molar-refractivity contribution is 0.943. The molecule has 1 aliphatic carbocycles. The second kappa shape index (κ2) is 4.59. The fourth-order valence-corrected chi connectivity index (χ4v) is 2.42. The molecule has 3 heterocycles. The molecule has 1 aliphatic rings. The summed E-state index contributed by atoms with van der Waals surface area (Å²) in [4.78, 5) is 8.62. The standard InChI is InChI=1S/C15H15N5/c1-2-12(14-5-6-19-20(14)7-1)9-16-15-8-13(11-3-4-11)17-10-18-15/h1-2,5-8,10-11H,3-4,9H2,(H,16,17,18). The minimum absolute atomic E-state index is 0.650. The minimum atomic E-state index is 0.650. The van der Waals surface area contributed by atoms with Crippen molar-refractivity contribution in [2.45, 2.75) is 25.3 Å². The average molecular weight is 265 g/mol. The van der Waals surface area contributed by atoms with E-state index in [1.54, 1.807) is 6.33 Å². The first-order chi connectivity index (χ1) is 9.90. The maximum atomic E-state index is 4.33. The first-order valence-electron chi connectivity index (χ1n) is 6.87. The van der Waals surface area contributed by atoms with Crippen LogP contribution < -0.4 is 5.32 Å². The molecule has 1 fully saturated rings. The first kappa shape index (κ1) is 11.4. The number of fused-ring (bicyclic) bond motifs is 1. The highest BCUT2D eigenvalue weighted by molar-refractivity contribution is 5.54. The van der Waals surface area contributed by atoms with Gasteiger partial charge in [-0.15, -0.1) is 0 Å². The van der Waals surface area contributed by atoms with Crippen molar-refractivity contribution in [3.63, 3.8) is 0 Å². The van der Waals surface area contributed by atoms with Crippen molar-refractivity contribution in [2.75, 3.05) is 5.32 Å². The van der Waals surface area contributed by atoms with Crippen LogP contribution in [-0.2, 0) is 6.54 Å². The lowest BCUT2D eigenvalue weighted by atomic mass is 10.2. The number of anilines is 1. The molecule has 0 amide bonds. The number of hydrogen-bond acceptors (Lipinski definition) is 4. The van der Waals surface area contributed by atoms with Gasteiger partial charge in [0.25, 0.3) is 0 Å². The maximum absolute atomic E-state index is 4.33. The van der Waals surface area contributed by atoms with Gasteiger partial charge < -0.3 is 5.32 Å². The van der Waals surface area contributed by atoms with Crippen LogP contribution in [0.4, 0.5) is 5.82 Å². The van der Waals surface area contributed by atoms with E-state index >= 15 is 0 Å². The number of nitrogens with one attached hydrogen (secondary N) is 1. The van der Waals surface area contributed by atoms with Gasteiger partial charge in [0.05, 0.1) is 5.52 Å². The van der Waals surface area contributed by atoms with Crippen LogP contribution in [-0.4, -0.2) is 19.6 Å². The number of pyridine rings is 1. The van der Waals surface area contributed by atoms with Gasteiger partial charge in [-0.25, -0.2) is 14.5 Å². The summed E-state index contributed by atoms with van der Waals surface area (Å²) in [5, 5.41) is 7.62. The topological polar surface area (TPSA) is 55.1 Å². The fraction of sp³-hybridized carbons (Fsp3) is 0.267. The van der Waals surface area contributed by atoms with E-state index in [1.807, 2.05) is 29.0 Å². The van der Waals surface area contributed by atoms with Crippen molar-refractivity contribution in [1.29, 1.82) is 0 Å². The summed E-state index contributed by atoms with van der Waals surface area (Å²) in [6.45, 7) is 0.733. The van der Waals surface area contributed by atoms with Crippen LogP contribution in [0.2, 0.25) is 0 Å². The van der Waals surface area contributed by atoms with Crippen molar-refractivity contribution in [1.82, 2.24) is 19.6 Å². The summed E-state index contributed by atoms with van der Waals surface area (Å²) < 4.78 is 1.88. The zero-order chi connectivity index (χ0) is 13.4. The molecule has 20 heavy (non-hydrogen) atoms. The molecule has 1 N–H and O–H groups in total. The van der Waals surface area contributed by atoms with Crippen molar-refractivity contribution < 1.29 is 0 Å². The summed E-state index contributed by atoms with van der Waals surface area (Å²) in [5.41, 5.74) is 3.48. The maximum Gasteiger partial charge on any atom is 0.129 e. The van der Waals surface area contributed by atoms with Crippen molar-refractivity contribution in [2.24, 2.45) is 0 Å². The Kier molecular flexibility index (Phi) is 2.62.